The van der Waals surface area contributed by atoms with Crippen LogP contribution in [-0.4, -0.2) is 39.9 Å². The predicted molar refractivity (Wildman–Crippen MR) is 84.5 cm³/mol. The van der Waals surface area contributed by atoms with Crippen molar-refractivity contribution in [3.05, 3.63) is 12.0 Å². The van der Waals surface area contributed by atoms with Crippen LogP contribution in [0.4, 0.5) is 5.82 Å². The molecule has 1 saturated carbocycles. The maximum Gasteiger partial charge on any atom is 0.163 e. The van der Waals surface area contributed by atoms with E-state index < -0.39 is 0 Å². The topological polar surface area (TPSA) is 67.7 Å². The Morgan fingerprint density at radius 1 is 1.24 bits per heavy atom. The molecule has 2 aromatic rings. The Morgan fingerprint density at radius 2 is 2.05 bits per heavy atom. The molecule has 6 nitrogen and oxygen atoms in total. The SMILES string of the molecule is CNCCCNc1nc(C2CCCC2)nc2c1cnn2C. The molecule has 0 aromatic carbocycles. The number of hydrogen-bond acceptors (Lipinski definition) is 5. The van der Waals surface area contributed by atoms with Crippen LogP contribution < -0.4 is 10.6 Å². The maximum absolute atomic E-state index is 4.80. The number of nitrogens with one attached hydrogen (secondary N) is 2. The van der Waals surface area contributed by atoms with Gasteiger partial charge in [-0.05, 0) is 32.9 Å². The van der Waals surface area contributed by atoms with Gasteiger partial charge in [0, 0.05) is 19.5 Å². The summed E-state index contributed by atoms with van der Waals surface area (Å²) in [5.74, 6) is 2.44. The van der Waals surface area contributed by atoms with Gasteiger partial charge in [-0.3, -0.25) is 4.68 Å². The standard InChI is InChI=1S/C15H24N6/c1-16-8-5-9-17-14-12-10-18-21(2)15(12)20-13(19-14)11-6-3-4-7-11/h10-11,16H,3-9H2,1-2H3,(H,17,19,20). The number of hydrogen-bond donors (Lipinski definition) is 2. The summed E-state index contributed by atoms with van der Waals surface area (Å²) in [7, 11) is 3.92. The van der Waals surface area contributed by atoms with E-state index in [1.807, 2.05) is 25.0 Å². The van der Waals surface area contributed by atoms with E-state index in [-0.39, 0.29) is 0 Å². The predicted octanol–water partition coefficient (Wildman–Crippen LogP) is 2.04. The molecule has 0 aliphatic heterocycles. The minimum Gasteiger partial charge on any atom is -0.369 e. The molecule has 3 rings (SSSR count). The zero-order valence-electron chi connectivity index (χ0n) is 12.9. The lowest BCUT2D eigenvalue weighted by Crippen LogP contribution is -2.14. The zero-order valence-corrected chi connectivity index (χ0v) is 12.9. The molecule has 0 saturated heterocycles. The third kappa shape index (κ3) is 3.00. The molecule has 0 amide bonds. The summed E-state index contributed by atoms with van der Waals surface area (Å²) >= 11 is 0. The first-order valence-corrected chi connectivity index (χ1v) is 7.87. The summed E-state index contributed by atoms with van der Waals surface area (Å²) in [5.41, 5.74) is 0.933. The Hall–Kier alpha value is -1.69. The minimum atomic E-state index is 0.516. The highest BCUT2D eigenvalue weighted by molar-refractivity contribution is 5.86. The summed E-state index contributed by atoms with van der Waals surface area (Å²) in [6.45, 7) is 1.91. The van der Waals surface area contributed by atoms with Crippen molar-refractivity contribution < 1.29 is 0 Å². The second-order valence-corrected chi connectivity index (χ2v) is 5.80. The van der Waals surface area contributed by atoms with Crippen LogP contribution >= 0.6 is 0 Å². The van der Waals surface area contributed by atoms with Gasteiger partial charge in [-0.15, -0.1) is 0 Å². The van der Waals surface area contributed by atoms with Crippen molar-refractivity contribution in [3.63, 3.8) is 0 Å². The van der Waals surface area contributed by atoms with Crippen LogP contribution in [0.1, 0.15) is 43.8 Å². The molecule has 0 bridgehead atoms. The molecule has 0 radical (unpaired) electrons. The van der Waals surface area contributed by atoms with Gasteiger partial charge in [0.05, 0.1) is 11.6 Å². The number of aryl methyl sites for hydroxylation is 1. The smallest absolute Gasteiger partial charge is 0.163 e. The average molecular weight is 288 g/mol. The first-order chi connectivity index (χ1) is 10.3. The lowest BCUT2D eigenvalue weighted by Gasteiger charge is -2.12. The number of nitrogens with zero attached hydrogens (tertiary/aromatic N) is 4. The number of fused-ring (bicyclic) bond motifs is 1. The molecule has 1 aliphatic carbocycles. The molecular weight excluding hydrogens is 264 g/mol. The van der Waals surface area contributed by atoms with Gasteiger partial charge < -0.3 is 10.6 Å². The third-order valence-corrected chi connectivity index (χ3v) is 4.23. The summed E-state index contributed by atoms with van der Waals surface area (Å²) in [6.07, 6.45) is 7.94. The van der Waals surface area contributed by atoms with Crippen LogP contribution in [0.5, 0.6) is 0 Å². The molecule has 0 atom stereocenters. The molecule has 1 fully saturated rings. The van der Waals surface area contributed by atoms with E-state index in [9.17, 15) is 0 Å². The quantitative estimate of drug-likeness (QED) is 0.796. The van der Waals surface area contributed by atoms with Crippen molar-refractivity contribution >= 4 is 16.9 Å². The summed E-state index contributed by atoms with van der Waals surface area (Å²) < 4.78 is 1.84. The fourth-order valence-corrected chi connectivity index (χ4v) is 3.01. The van der Waals surface area contributed by atoms with Gasteiger partial charge >= 0.3 is 0 Å². The molecule has 21 heavy (non-hydrogen) atoms. The molecule has 114 valence electrons. The third-order valence-electron chi connectivity index (χ3n) is 4.23. The van der Waals surface area contributed by atoms with Crippen LogP contribution in [0, 0.1) is 0 Å². The van der Waals surface area contributed by atoms with Crippen molar-refractivity contribution in [1.82, 2.24) is 25.1 Å². The second kappa shape index (κ2) is 6.39. The van der Waals surface area contributed by atoms with Crippen molar-refractivity contribution in [1.29, 1.82) is 0 Å². The minimum absolute atomic E-state index is 0.516. The molecule has 2 N–H and O–H groups in total. The number of rotatable bonds is 6. The van der Waals surface area contributed by atoms with Crippen LogP contribution in [0.2, 0.25) is 0 Å². The Kier molecular flexibility index (Phi) is 4.34. The lowest BCUT2D eigenvalue weighted by atomic mass is 10.1. The van der Waals surface area contributed by atoms with Crippen LogP contribution in [0.25, 0.3) is 11.0 Å². The second-order valence-electron chi connectivity index (χ2n) is 5.80. The van der Waals surface area contributed by atoms with Gasteiger partial charge in [0.15, 0.2) is 5.65 Å². The lowest BCUT2D eigenvalue weighted by molar-refractivity contribution is 0.667. The van der Waals surface area contributed by atoms with E-state index in [0.29, 0.717) is 5.92 Å². The monoisotopic (exact) mass is 288 g/mol. The van der Waals surface area contributed by atoms with E-state index in [4.69, 9.17) is 9.97 Å². The van der Waals surface area contributed by atoms with Crippen molar-refractivity contribution in [2.75, 3.05) is 25.5 Å². The first-order valence-electron chi connectivity index (χ1n) is 7.87. The summed E-state index contributed by atoms with van der Waals surface area (Å²) in [6, 6.07) is 0. The molecule has 1 aliphatic rings. The molecule has 0 unspecified atom stereocenters. The van der Waals surface area contributed by atoms with Crippen LogP contribution in [-0.2, 0) is 7.05 Å². The summed E-state index contributed by atoms with van der Waals surface area (Å²) in [5, 5.41) is 12.0. The Morgan fingerprint density at radius 3 is 2.81 bits per heavy atom. The Labute approximate surface area is 125 Å². The van der Waals surface area contributed by atoms with Gasteiger partial charge in [0.2, 0.25) is 0 Å². The van der Waals surface area contributed by atoms with Gasteiger partial charge in [0.25, 0.3) is 0 Å². The highest BCUT2D eigenvalue weighted by Gasteiger charge is 2.22. The number of anilines is 1. The Balaban J connectivity index is 1.88. The van der Waals surface area contributed by atoms with Crippen molar-refractivity contribution in [3.8, 4) is 0 Å². The van der Waals surface area contributed by atoms with Gasteiger partial charge in [-0.25, -0.2) is 9.97 Å². The molecule has 2 heterocycles. The van der Waals surface area contributed by atoms with Gasteiger partial charge in [0.1, 0.15) is 11.6 Å². The van der Waals surface area contributed by atoms with E-state index in [0.717, 1.165) is 42.2 Å². The van der Waals surface area contributed by atoms with Crippen LogP contribution in [0.3, 0.4) is 0 Å². The fraction of sp³-hybridized carbons (Fsp3) is 0.667. The van der Waals surface area contributed by atoms with E-state index in [2.05, 4.69) is 15.7 Å². The molecule has 6 heteroatoms. The number of aromatic nitrogens is 4. The first kappa shape index (κ1) is 14.3. The average Bonchev–Trinajstić information content (AvgIpc) is 3.14. The largest absolute Gasteiger partial charge is 0.369 e. The fourth-order valence-electron chi connectivity index (χ4n) is 3.01. The Bertz CT molecular complexity index is 599. The zero-order chi connectivity index (χ0) is 14.7. The van der Waals surface area contributed by atoms with Gasteiger partial charge in [-0.1, -0.05) is 12.8 Å². The molecule has 0 spiro atoms. The van der Waals surface area contributed by atoms with Crippen molar-refractivity contribution in [2.24, 2.45) is 7.05 Å². The van der Waals surface area contributed by atoms with E-state index in [1.54, 1.807) is 0 Å². The molecular formula is C15H24N6. The maximum atomic E-state index is 4.80. The highest BCUT2D eigenvalue weighted by atomic mass is 15.3. The summed E-state index contributed by atoms with van der Waals surface area (Å²) in [4.78, 5) is 9.56. The highest BCUT2D eigenvalue weighted by Crippen LogP contribution is 2.33. The molecule has 2 aromatic heterocycles. The van der Waals surface area contributed by atoms with Crippen molar-refractivity contribution in [2.45, 2.75) is 38.0 Å². The van der Waals surface area contributed by atoms with Gasteiger partial charge in [-0.2, -0.15) is 5.10 Å². The van der Waals surface area contributed by atoms with E-state index in [1.165, 1.54) is 25.7 Å². The van der Waals surface area contributed by atoms with E-state index >= 15 is 0 Å². The van der Waals surface area contributed by atoms with Crippen LogP contribution in [0.15, 0.2) is 6.20 Å². The normalized spacial score (nSPS) is 15.9.